The fourth-order valence-corrected chi connectivity index (χ4v) is 2.81. The highest BCUT2D eigenvalue weighted by Crippen LogP contribution is 2.23. The zero-order chi connectivity index (χ0) is 18.7. The molecule has 0 amide bonds. The first-order valence-electron chi connectivity index (χ1n) is 7.81. The van der Waals surface area contributed by atoms with E-state index in [-0.39, 0.29) is 23.9 Å². The van der Waals surface area contributed by atoms with Crippen molar-refractivity contribution in [3.63, 3.8) is 0 Å². The second kappa shape index (κ2) is 7.34. The van der Waals surface area contributed by atoms with Gasteiger partial charge in [0.25, 0.3) is 0 Å². The average Bonchev–Trinajstić information content (AvgIpc) is 2.86. The van der Waals surface area contributed by atoms with Crippen LogP contribution in [0.15, 0.2) is 18.2 Å². The van der Waals surface area contributed by atoms with Crippen LogP contribution in [0.5, 0.6) is 5.75 Å². The van der Waals surface area contributed by atoms with Crippen LogP contribution in [0.25, 0.3) is 0 Å². The van der Waals surface area contributed by atoms with Gasteiger partial charge in [0.05, 0.1) is 7.11 Å². The number of aryl methyl sites for hydroxylation is 1. The molecule has 0 fully saturated rings. The van der Waals surface area contributed by atoms with E-state index in [0.717, 1.165) is 0 Å². The topological polar surface area (TPSA) is 85.5 Å². The standard InChI is InChI=1S/C19H21NO5/c1-10-17(13(4)22)11(2)20-18(10)19(23)25-9-15-8-14(12(3)21)6-7-16(15)24-5/h6-8,20H,9H2,1-5H3. The third-order valence-corrected chi connectivity index (χ3v) is 4.04. The van der Waals surface area contributed by atoms with Gasteiger partial charge in [0.1, 0.15) is 18.1 Å². The largest absolute Gasteiger partial charge is 0.496 e. The lowest BCUT2D eigenvalue weighted by molar-refractivity contribution is 0.0463. The molecule has 1 aromatic carbocycles. The van der Waals surface area contributed by atoms with E-state index in [2.05, 4.69) is 4.98 Å². The van der Waals surface area contributed by atoms with Crippen LogP contribution in [0.3, 0.4) is 0 Å². The number of carbonyl (C=O) groups excluding carboxylic acids is 3. The first-order chi connectivity index (χ1) is 11.8. The number of esters is 1. The summed E-state index contributed by atoms with van der Waals surface area (Å²) in [5.41, 5.74) is 3.06. The summed E-state index contributed by atoms with van der Waals surface area (Å²) in [4.78, 5) is 38.5. The lowest BCUT2D eigenvalue weighted by atomic mass is 10.1. The molecular formula is C19H21NO5. The fraction of sp³-hybridized carbons (Fsp3) is 0.316. The number of aromatic amines is 1. The van der Waals surface area contributed by atoms with Crippen molar-refractivity contribution >= 4 is 17.5 Å². The SMILES string of the molecule is COc1ccc(C(C)=O)cc1COC(=O)c1[nH]c(C)c(C(C)=O)c1C. The zero-order valence-electron chi connectivity index (χ0n) is 15.0. The van der Waals surface area contributed by atoms with Crippen LogP contribution in [0, 0.1) is 13.8 Å². The van der Waals surface area contributed by atoms with Crippen molar-refractivity contribution in [2.75, 3.05) is 7.11 Å². The molecule has 0 aliphatic heterocycles. The third kappa shape index (κ3) is 3.79. The van der Waals surface area contributed by atoms with Crippen LogP contribution in [0.4, 0.5) is 0 Å². The molecule has 0 spiro atoms. The summed E-state index contributed by atoms with van der Waals surface area (Å²) >= 11 is 0. The van der Waals surface area contributed by atoms with Crippen molar-refractivity contribution in [2.45, 2.75) is 34.3 Å². The van der Waals surface area contributed by atoms with Crippen molar-refractivity contribution in [1.82, 2.24) is 4.98 Å². The minimum atomic E-state index is -0.566. The Morgan fingerprint density at radius 3 is 2.28 bits per heavy atom. The van der Waals surface area contributed by atoms with Gasteiger partial charge in [-0.3, -0.25) is 9.59 Å². The predicted octanol–water partition coefficient (Wildman–Crippen LogP) is 3.40. The van der Waals surface area contributed by atoms with Crippen molar-refractivity contribution < 1.29 is 23.9 Å². The Kier molecular flexibility index (Phi) is 5.41. The molecule has 0 aliphatic rings. The molecule has 0 atom stereocenters. The molecule has 0 saturated heterocycles. The van der Waals surface area contributed by atoms with E-state index in [1.807, 2.05) is 0 Å². The van der Waals surface area contributed by atoms with Crippen LogP contribution in [-0.2, 0) is 11.3 Å². The van der Waals surface area contributed by atoms with Gasteiger partial charge in [-0.05, 0) is 51.5 Å². The number of aromatic nitrogens is 1. The summed E-state index contributed by atoms with van der Waals surface area (Å²) in [5, 5.41) is 0. The first-order valence-corrected chi connectivity index (χ1v) is 7.81. The highest BCUT2D eigenvalue weighted by Gasteiger charge is 2.21. The Hall–Kier alpha value is -2.89. The smallest absolute Gasteiger partial charge is 0.355 e. The lowest BCUT2D eigenvalue weighted by Crippen LogP contribution is -2.09. The molecule has 0 bridgehead atoms. The molecule has 132 valence electrons. The van der Waals surface area contributed by atoms with Gasteiger partial charge in [-0.25, -0.2) is 4.79 Å². The molecular weight excluding hydrogens is 322 g/mol. The highest BCUT2D eigenvalue weighted by atomic mass is 16.5. The second-order valence-electron chi connectivity index (χ2n) is 5.84. The van der Waals surface area contributed by atoms with Crippen LogP contribution in [0.2, 0.25) is 0 Å². The molecule has 0 unspecified atom stereocenters. The monoisotopic (exact) mass is 343 g/mol. The molecule has 1 heterocycles. The van der Waals surface area contributed by atoms with Gasteiger partial charge in [-0.2, -0.15) is 0 Å². The van der Waals surface area contributed by atoms with Crippen LogP contribution in [-0.4, -0.2) is 29.6 Å². The quantitative estimate of drug-likeness (QED) is 0.642. The van der Waals surface area contributed by atoms with Gasteiger partial charge in [-0.1, -0.05) is 0 Å². The highest BCUT2D eigenvalue weighted by molar-refractivity contribution is 6.01. The van der Waals surface area contributed by atoms with Crippen molar-refractivity contribution in [2.24, 2.45) is 0 Å². The fourth-order valence-electron chi connectivity index (χ4n) is 2.81. The Bertz CT molecular complexity index is 848. The second-order valence-corrected chi connectivity index (χ2v) is 5.84. The molecule has 6 heteroatoms. The third-order valence-electron chi connectivity index (χ3n) is 4.04. The van der Waals surface area contributed by atoms with Crippen molar-refractivity contribution in [3.05, 3.63) is 51.8 Å². The molecule has 2 rings (SSSR count). The van der Waals surface area contributed by atoms with E-state index in [0.29, 0.717) is 33.7 Å². The average molecular weight is 343 g/mol. The maximum absolute atomic E-state index is 12.4. The Morgan fingerprint density at radius 1 is 1.08 bits per heavy atom. The number of ether oxygens (including phenoxy) is 2. The number of hydrogen-bond acceptors (Lipinski definition) is 5. The van der Waals surface area contributed by atoms with Gasteiger partial charge in [0.15, 0.2) is 11.6 Å². The molecule has 0 aliphatic carbocycles. The van der Waals surface area contributed by atoms with E-state index in [4.69, 9.17) is 9.47 Å². The Morgan fingerprint density at radius 2 is 1.76 bits per heavy atom. The summed E-state index contributed by atoms with van der Waals surface area (Å²) in [5.74, 6) is -0.233. The molecule has 25 heavy (non-hydrogen) atoms. The van der Waals surface area contributed by atoms with Crippen molar-refractivity contribution in [1.29, 1.82) is 0 Å². The molecule has 0 saturated carbocycles. The number of H-pyrrole nitrogens is 1. The molecule has 6 nitrogen and oxygen atoms in total. The van der Waals surface area contributed by atoms with E-state index >= 15 is 0 Å². The van der Waals surface area contributed by atoms with Gasteiger partial charge < -0.3 is 14.5 Å². The lowest BCUT2D eigenvalue weighted by Gasteiger charge is -2.10. The summed E-state index contributed by atoms with van der Waals surface area (Å²) in [7, 11) is 1.51. The number of nitrogens with one attached hydrogen (secondary N) is 1. The number of hydrogen-bond donors (Lipinski definition) is 1. The number of carbonyl (C=O) groups is 3. The number of benzene rings is 1. The first kappa shape index (κ1) is 18.4. The minimum Gasteiger partial charge on any atom is -0.496 e. The van der Waals surface area contributed by atoms with E-state index in [1.54, 1.807) is 32.0 Å². The van der Waals surface area contributed by atoms with Gasteiger partial charge >= 0.3 is 5.97 Å². The number of Topliss-reactive ketones (excluding diaryl/α,β-unsaturated/α-hetero) is 2. The number of methoxy groups -OCH3 is 1. The van der Waals surface area contributed by atoms with Crippen molar-refractivity contribution in [3.8, 4) is 5.75 Å². The normalized spacial score (nSPS) is 10.4. The van der Waals surface area contributed by atoms with Gasteiger partial charge in [-0.15, -0.1) is 0 Å². The van der Waals surface area contributed by atoms with Crippen LogP contribution in [0.1, 0.15) is 61.9 Å². The number of rotatable bonds is 6. The molecule has 0 radical (unpaired) electrons. The maximum atomic E-state index is 12.4. The molecule has 1 N–H and O–H groups in total. The van der Waals surface area contributed by atoms with E-state index in [1.165, 1.54) is 21.0 Å². The summed E-state index contributed by atoms with van der Waals surface area (Å²) in [6.07, 6.45) is 0. The van der Waals surface area contributed by atoms with E-state index in [9.17, 15) is 14.4 Å². The Balaban J connectivity index is 2.23. The molecule has 2 aromatic rings. The minimum absolute atomic E-state index is 0.0456. The Labute approximate surface area is 146 Å². The van der Waals surface area contributed by atoms with E-state index < -0.39 is 5.97 Å². The summed E-state index contributed by atoms with van der Waals surface area (Å²) in [6, 6.07) is 4.96. The summed E-state index contributed by atoms with van der Waals surface area (Å²) < 4.78 is 10.6. The number of ketones is 2. The molecule has 1 aromatic heterocycles. The van der Waals surface area contributed by atoms with Gasteiger partial charge in [0.2, 0.25) is 0 Å². The van der Waals surface area contributed by atoms with Crippen LogP contribution >= 0.6 is 0 Å². The zero-order valence-corrected chi connectivity index (χ0v) is 15.0. The predicted molar refractivity (Wildman–Crippen MR) is 92.4 cm³/mol. The van der Waals surface area contributed by atoms with Gasteiger partial charge in [0, 0.05) is 22.4 Å². The summed E-state index contributed by atoms with van der Waals surface area (Å²) in [6.45, 7) is 6.31. The maximum Gasteiger partial charge on any atom is 0.355 e. The van der Waals surface area contributed by atoms with Crippen LogP contribution < -0.4 is 4.74 Å².